The van der Waals surface area contributed by atoms with Crippen LogP contribution in [0.3, 0.4) is 0 Å². The van der Waals surface area contributed by atoms with E-state index >= 15 is 0 Å². The second kappa shape index (κ2) is 5.60. The highest BCUT2D eigenvalue weighted by molar-refractivity contribution is 7.98. The molecule has 1 atom stereocenters. The lowest BCUT2D eigenvalue weighted by Crippen LogP contribution is -2.28. The van der Waals surface area contributed by atoms with Crippen molar-refractivity contribution in [1.82, 2.24) is 5.32 Å². The predicted molar refractivity (Wildman–Crippen MR) is 69.6 cm³/mol. The maximum absolute atomic E-state index is 5.46. The summed E-state index contributed by atoms with van der Waals surface area (Å²) >= 11 is 1.79. The van der Waals surface area contributed by atoms with E-state index in [9.17, 15) is 0 Å². The summed E-state index contributed by atoms with van der Waals surface area (Å²) in [6, 6.07) is 6.50. The van der Waals surface area contributed by atoms with Crippen LogP contribution in [-0.2, 0) is 0 Å². The van der Waals surface area contributed by atoms with E-state index in [4.69, 9.17) is 4.74 Å². The normalized spacial score (nSPS) is 20.8. The van der Waals surface area contributed by atoms with Crippen LogP contribution in [0.5, 0.6) is 5.75 Å². The van der Waals surface area contributed by atoms with E-state index in [2.05, 4.69) is 29.8 Å². The second-order valence-electron chi connectivity index (χ2n) is 4.15. The van der Waals surface area contributed by atoms with Gasteiger partial charge < -0.3 is 10.1 Å². The highest BCUT2D eigenvalue weighted by atomic mass is 32.2. The number of hydrogen-bond acceptors (Lipinski definition) is 3. The molecule has 1 saturated heterocycles. The van der Waals surface area contributed by atoms with Gasteiger partial charge in [-0.15, -0.1) is 11.8 Å². The molecule has 1 aliphatic heterocycles. The van der Waals surface area contributed by atoms with Crippen LogP contribution in [0.15, 0.2) is 23.1 Å². The molecule has 1 fully saturated rings. The molecule has 16 heavy (non-hydrogen) atoms. The monoisotopic (exact) mass is 237 g/mol. The van der Waals surface area contributed by atoms with Crippen molar-refractivity contribution in [2.45, 2.75) is 23.7 Å². The van der Waals surface area contributed by atoms with E-state index in [-0.39, 0.29) is 0 Å². The summed E-state index contributed by atoms with van der Waals surface area (Å²) in [7, 11) is 1.76. The van der Waals surface area contributed by atoms with E-state index in [0.717, 1.165) is 18.8 Å². The Morgan fingerprint density at radius 1 is 1.44 bits per heavy atom. The third kappa shape index (κ3) is 2.53. The summed E-state index contributed by atoms with van der Waals surface area (Å²) in [5.41, 5.74) is 1.36. The summed E-state index contributed by atoms with van der Waals surface area (Å²) in [6.45, 7) is 2.23. The summed E-state index contributed by atoms with van der Waals surface area (Å²) in [5, 5.41) is 3.46. The van der Waals surface area contributed by atoms with Gasteiger partial charge in [0.1, 0.15) is 5.75 Å². The molecule has 1 N–H and O–H groups in total. The molecule has 0 spiro atoms. The zero-order chi connectivity index (χ0) is 11.4. The van der Waals surface area contributed by atoms with Gasteiger partial charge in [0, 0.05) is 17.4 Å². The maximum atomic E-state index is 5.46. The molecule has 0 aromatic heterocycles. The molecule has 1 aromatic rings. The highest BCUT2D eigenvalue weighted by Crippen LogP contribution is 2.33. The number of thioether (sulfide) groups is 1. The quantitative estimate of drug-likeness (QED) is 0.817. The van der Waals surface area contributed by atoms with Crippen molar-refractivity contribution >= 4 is 11.8 Å². The number of benzene rings is 1. The number of methoxy groups -OCH3 is 1. The van der Waals surface area contributed by atoms with Gasteiger partial charge in [0.15, 0.2) is 0 Å². The maximum Gasteiger partial charge on any atom is 0.122 e. The first-order chi connectivity index (χ1) is 7.85. The van der Waals surface area contributed by atoms with Gasteiger partial charge in [-0.2, -0.15) is 0 Å². The lowest BCUT2D eigenvalue weighted by atomic mass is 9.91. The van der Waals surface area contributed by atoms with Gasteiger partial charge in [0.25, 0.3) is 0 Å². The van der Waals surface area contributed by atoms with Crippen molar-refractivity contribution in [2.75, 3.05) is 26.5 Å². The third-order valence-electron chi connectivity index (χ3n) is 3.17. The fourth-order valence-corrected chi connectivity index (χ4v) is 2.72. The summed E-state index contributed by atoms with van der Waals surface area (Å²) < 4.78 is 5.46. The number of ether oxygens (including phenoxy) is 1. The molecule has 1 aromatic carbocycles. The molecule has 2 rings (SSSR count). The van der Waals surface area contributed by atoms with Crippen LogP contribution in [0.4, 0.5) is 0 Å². The van der Waals surface area contributed by atoms with Crippen LogP contribution in [-0.4, -0.2) is 26.5 Å². The molecule has 0 bridgehead atoms. The Morgan fingerprint density at radius 2 is 2.31 bits per heavy atom. The molecule has 1 aliphatic rings. The fraction of sp³-hybridized carbons (Fsp3) is 0.538. The Kier molecular flexibility index (Phi) is 4.13. The van der Waals surface area contributed by atoms with Crippen LogP contribution in [0.25, 0.3) is 0 Å². The Labute approximate surface area is 102 Å². The fourth-order valence-electron chi connectivity index (χ4n) is 2.28. The zero-order valence-electron chi connectivity index (χ0n) is 9.95. The average Bonchev–Trinajstić information content (AvgIpc) is 2.39. The minimum Gasteiger partial charge on any atom is -0.496 e. The first-order valence-corrected chi connectivity index (χ1v) is 7.00. The van der Waals surface area contributed by atoms with Crippen LogP contribution in [0.2, 0.25) is 0 Å². The largest absolute Gasteiger partial charge is 0.496 e. The van der Waals surface area contributed by atoms with Crippen molar-refractivity contribution in [3.63, 3.8) is 0 Å². The van der Waals surface area contributed by atoms with Crippen molar-refractivity contribution in [1.29, 1.82) is 0 Å². The summed E-state index contributed by atoms with van der Waals surface area (Å²) in [6.07, 6.45) is 4.64. The SMILES string of the molecule is COc1ccc(SC)cc1C1CCCNC1. The smallest absolute Gasteiger partial charge is 0.122 e. The first-order valence-electron chi connectivity index (χ1n) is 5.78. The molecule has 1 heterocycles. The summed E-state index contributed by atoms with van der Waals surface area (Å²) in [5.74, 6) is 1.64. The van der Waals surface area contributed by atoms with Crippen molar-refractivity contribution in [2.24, 2.45) is 0 Å². The van der Waals surface area contributed by atoms with E-state index in [1.54, 1.807) is 18.9 Å². The molecule has 0 saturated carbocycles. The van der Waals surface area contributed by atoms with Gasteiger partial charge in [0.2, 0.25) is 0 Å². The van der Waals surface area contributed by atoms with E-state index in [1.165, 1.54) is 23.3 Å². The second-order valence-corrected chi connectivity index (χ2v) is 5.03. The van der Waals surface area contributed by atoms with E-state index < -0.39 is 0 Å². The minimum absolute atomic E-state index is 0.607. The molecule has 0 radical (unpaired) electrons. The van der Waals surface area contributed by atoms with Gasteiger partial charge in [-0.25, -0.2) is 0 Å². The first kappa shape index (κ1) is 11.8. The predicted octanol–water partition coefficient (Wildman–Crippen LogP) is 2.88. The minimum atomic E-state index is 0.607. The van der Waals surface area contributed by atoms with Gasteiger partial charge >= 0.3 is 0 Å². The molecular formula is C13H19NOS. The topological polar surface area (TPSA) is 21.3 Å². The highest BCUT2D eigenvalue weighted by Gasteiger charge is 2.19. The Morgan fingerprint density at radius 3 is 2.94 bits per heavy atom. The van der Waals surface area contributed by atoms with Crippen molar-refractivity contribution in [3.8, 4) is 5.75 Å². The van der Waals surface area contributed by atoms with Crippen LogP contribution < -0.4 is 10.1 Å². The lowest BCUT2D eigenvalue weighted by Gasteiger charge is -2.25. The van der Waals surface area contributed by atoms with Gasteiger partial charge in [-0.05, 0) is 49.4 Å². The van der Waals surface area contributed by atoms with Crippen LogP contribution >= 0.6 is 11.8 Å². The third-order valence-corrected chi connectivity index (χ3v) is 3.90. The molecule has 88 valence electrons. The van der Waals surface area contributed by atoms with Gasteiger partial charge in [-0.1, -0.05) is 0 Å². The molecule has 0 amide bonds. The van der Waals surface area contributed by atoms with Crippen molar-refractivity contribution in [3.05, 3.63) is 23.8 Å². The Bertz CT molecular complexity index is 348. The number of piperidine rings is 1. The number of hydrogen-bond donors (Lipinski definition) is 1. The van der Waals surface area contributed by atoms with Crippen LogP contribution in [0.1, 0.15) is 24.3 Å². The molecular weight excluding hydrogens is 218 g/mol. The van der Waals surface area contributed by atoms with E-state index in [0.29, 0.717) is 5.92 Å². The van der Waals surface area contributed by atoms with E-state index in [1.807, 2.05) is 0 Å². The standard InChI is InChI=1S/C13H19NOS/c1-15-13-6-5-11(16-2)8-12(13)10-4-3-7-14-9-10/h5-6,8,10,14H,3-4,7,9H2,1-2H3. The Hall–Kier alpha value is -0.670. The molecule has 3 heteroatoms. The van der Waals surface area contributed by atoms with Crippen molar-refractivity contribution < 1.29 is 4.74 Å². The number of nitrogens with one attached hydrogen (secondary N) is 1. The van der Waals surface area contributed by atoms with Gasteiger partial charge in [-0.3, -0.25) is 0 Å². The van der Waals surface area contributed by atoms with Crippen LogP contribution in [0, 0.1) is 0 Å². The summed E-state index contributed by atoms with van der Waals surface area (Å²) in [4.78, 5) is 1.32. The molecule has 2 nitrogen and oxygen atoms in total. The van der Waals surface area contributed by atoms with Gasteiger partial charge in [0.05, 0.1) is 7.11 Å². The molecule has 1 unspecified atom stereocenters. The number of rotatable bonds is 3. The Balaban J connectivity index is 2.27. The molecule has 0 aliphatic carbocycles. The average molecular weight is 237 g/mol. The lowest BCUT2D eigenvalue weighted by molar-refractivity contribution is 0.391. The zero-order valence-corrected chi connectivity index (χ0v) is 10.8.